The van der Waals surface area contributed by atoms with Gasteiger partial charge in [-0.1, -0.05) is 13.3 Å². The molecule has 0 radical (unpaired) electrons. The summed E-state index contributed by atoms with van der Waals surface area (Å²) in [5.74, 6) is 0. The second kappa shape index (κ2) is 12.4. The van der Waals surface area contributed by atoms with E-state index in [2.05, 4.69) is 6.92 Å². The second-order valence-corrected chi connectivity index (χ2v) is 5.75. The maximum absolute atomic E-state index is 9.53. The quantitative estimate of drug-likeness (QED) is 0.528. The van der Waals surface area contributed by atoms with Crippen LogP contribution < -0.4 is 0 Å². The van der Waals surface area contributed by atoms with Crippen LogP contribution in [0.3, 0.4) is 0 Å². The molecule has 0 aliphatic carbocycles. The van der Waals surface area contributed by atoms with Crippen molar-refractivity contribution in [3.05, 3.63) is 0 Å². The molecular weight excluding hydrogens is 272 g/mol. The Morgan fingerprint density at radius 3 is 2.24 bits per heavy atom. The van der Waals surface area contributed by atoms with Crippen LogP contribution in [0.2, 0.25) is 0 Å². The average molecular weight is 304 g/mol. The number of ether oxygens (including phenoxy) is 4. The number of aliphatic hydroxyl groups excluding tert-OH is 1. The molecule has 1 atom stereocenters. The summed E-state index contributed by atoms with van der Waals surface area (Å²) < 4.78 is 21.9. The van der Waals surface area contributed by atoms with E-state index in [1.54, 1.807) is 0 Å². The third kappa shape index (κ3) is 8.73. The Labute approximate surface area is 128 Å². The second-order valence-electron chi connectivity index (χ2n) is 5.75. The fourth-order valence-electron chi connectivity index (χ4n) is 2.39. The van der Waals surface area contributed by atoms with Crippen LogP contribution in [0.5, 0.6) is 0 Å². The summed E-state index contributed by atoms with van der Waals surface area (Å²) in [5, 5.41) is 9.53. The van der Waals surface area contributed by atoms with Crippen LogP contribution in [0, 0.1) is 5.41 Å². The van der Waals surface area contributed by atoms with E-state index in [-0.39, 0.29) is 12.0 Å². The van der Waals surface area contributed by atoms with E-state index >= 15 is 0 Å². The van der Waals surface area contributed by atoms with E-state index < -0.39 is 0 Å². The highest BCUT2D eigenvalue weighted by molar-refractivity contribution is 4.80. The molecule has 0 amide bonds. The van der Waals surface area contributed by atoms with Gasteiger partial charge in [-0.3, -0.25) is 0 Å². The van der Waals surface area contributed by atoms with Crippen LogP contribution in [-0.2, 0) is 18.9 Å². The maximum atomic E-state index is 9.53. The molecule has 0 bridgehead atoms. The number of hydrogen-bond donors (Lipinski definition) is 1. The Morgan fingerprint density at radius 2 is 1.67 bits per heavy atom. The minimum absolute atomic E-state index is 0.0910. The first kappa shape index (κ1) is 18.8. The van der Waals surface area contributed by atoms with Crippen molar-refractivity contribution >= 4 is 0 Å². The van der Waals surface area contributed by atoms with Gasteiger partial charge in [0.1, 0.15) is 0 Å². The zero-order valence-corrected chi connectivity index (χ0v) is 13.5. The summed E-state index contributed by atoms with van der Waals surface area (Å²) >= 11 is 0. The number of hydrogen-bond acceptors (Lipinski definition) is 5. The van der Waals surface area contributed by atoms with E-state index in [4.69, 9.17) is 18.9 Å². The number of aliphatic hydroxyl groups is 1. The molecular formula is C16H32O5. The molecule has 0 aromatic rings. The molecule has 0 spiro atoms. The lowest BCUT2D eigenvalue weighted by atomic mass is 9.80. The molecule has 1 fully saturated rings. The van der Waals surface area contributed by atoms with Gasteiger partial charge >= 0.3 is 0 Å². The van der Waals surface area contributed by atoms with Crippen molar-refractivity contribution in [1.82, 2.24) is 0 Å². The highest BCUT2D eigenvalue weighted by Gasteiger charge is 2.31. The van der Waals surface area contributed by atoms with Crippen molar-refractivity contribution in [3.8, 4) is 0 Å². The van der Waals surface area contributed by atoms with E-state index in [9.17, 15) is 5.11 Å². The first-order chi connectivity index (χ1) is 10.3. The number of rotatable bonds is 13. The lowest BCUT2D eigenvalue weighted by Gasteiger charge is -2.35. The van der Waals surface area contributed by atoms with Crippen molar-refractivity contribution in [2.45, 2.75) is 39.0 Å². The van der Waals surface area contributed by atoms with E-state index in [0.29, 0.717) is 39.6 Å². The fraction of sp³-hybridized carbons (Fsp3) is 1.00. The summed E-state index contributed by atoms with van der Waals surface area (Å²) in [6, 6.07) is 0. The Balaban J connectivity index is 1.87. The SMILES string of the molecule is CCCCOCCOCCOCCC1(CO)CCCOC1. The summed E-state index contributed by atoms with van der Waals surface area (Å²) in [4.78, 5) is 0. The van der Waals surface area contributed by atoms with Crippen LogP contribution in [0.4, 0.5) is 0 Å². The van der Waals surface area contributed by atoms with Gasteiger partial charge in [0.2, 0.25) is 0 Å². The highest BCUT2D eigenvalue weighted by Crippen LogP contribution is 2.31. The largest absolute Gasteiger partial charge is 0.396 e. The molecule has 0 aromatic carbocycles. The molecule has 126 valence electrons. The smallest absolute Gasteiger partial charge is 0.0701 e. The molecule has 5 nitrogen and oxygen atoms in total. The third-order valence-corrected chi connectivity index (χ3v) is 3.90. The van der Waals surface area contributed by atoms with Crippen LogP contribution in [0.25, 0.3) is 0 Å². The molecule has 1 aliphatic heterocycles. The Hall–Kier alpha value is -0.200. The fourth-order valence-corrected chi connectivity index (χ4v) is 2.39. The normalized spacial score (nSPS) is 22.6. The van der Waals surface area contributed by atoms with Gasteiger partial charge in [-0.2, -0.15) is 0 Å². The predicted octanol–water partition coefficient (Wildman–Crippen LogP) is 2.02. The summed E-state index contributed by atoms with van der Waals surface area (Å²) in [5.41, 5.74) is -0.0910. The molecule has 5 heteroatoms. The van der Waals surface area contributed by atoms with Gasteiger partial charge < -0.3 is 24.1 Å². The molecule has 0 saturated carbocycles. The van der Waals surface area contributed by atoms with Crippen LogP contribution in [0.15, 0.2) is 0 Å². The average Bonchev–Trinajstić information content (AvgIpc) is 2.53. The number of unbranched alkanes of at least 4 members (excludes halogenated alkanes) is 1. The Bertz CT molecular complexity index is 229. The van der Waals surface area contributed by atoms with Crippen molar-refractivity contribution in [1.29, 1.82) is 0 Å². The first-order valence-electron chi connectivity index (χ1n) is 8.25. The molecule has 1 unspecified atom stereocenters. The zero-order valence-electron chi connectivity index (χ0n) is 13.5. The Kier molecular flexibility index (Phi) is 11.1. The van der Waals surface area contributed by atoms with Crippen molar-refractivity contribution < 1.29 is 24.1 Å². The summed E-state index contributed by atoms with van der Waals surface area (Å²) in [7, 11) is 0. The minimum Gasteiger partial charge on any atom is -0.396 e. The minimum atomic E-state index is -0.0910. The zero-order chi connectivity index (χ0) is 15.2. The predicted molar refractivity (Wildman–Crippen MR) is 81.6 cm³/mol. The van der Waals surface area contributed by atoms with Crippen LogP contribution in [0.1, 0.15) is 39.0 Å². The van der Waals surface area contributed by atoms with Gasteiger partial charge in [0.15, 0.2) is 0 Å². The van der Waals surface area contributed by atoms with E-state index in [0.717, 1.165) is 45.3 Å². The first-order valence-corrected chi connectivity index (χ1v) is 8.25. The third-order valence-electron chi connectivity index (χ3n) is 3.90. The van der Waals surface area contributed by atoms with Gasteiger partial charge in [0.25, 0.3) is 0 Å². The van der Waals surface area contributed by atoms with E-state index in [1.165, 1.54) is 0 Å². The summed E-state index contributed by atoms with van der Waals surface area (Å²) in [6.45, 7) is 7.75. The molecule has 1 heterocycles. The highest BCUT2D eigenvalue weighted by atomic mass is 16.5. The van der Waals surface area contributed by atoms with Crippen molar-refractivity contribution in [3.63, 3.8) is 0 Å². The Morgan fingerprint density at radius 1 is 1.00 bits per heavy atom. The summed E-state index contributed by atoms with van der Waals surface area (Å²) in [6.07, 6.45) is 5.18. The lowest BCUT2D eigenvalue weighted by molar-refractivity contribution is -0.0592. The molecule has 1 saturated heterocycles. The topological polar surface area (TPSA) is 57.2 Å². The molecule has 21 heavy (non-hydrogen) atoms. The molecule has 1 rings (SSSR count). The van der Waals surface area contributed by atoms with Gasteiger partial charge in [-0.25, -0.2) is 0 Å². The standard InChI is InChI=1S/C16H32O5/c1-2-3-7-18-10-12-20-13-11-19-9-6-16(14-17)5-4-8-21-15-16/h17H,2-15H2,1H3. The van der Waals surface area contributed by atoms with Crippen LogP contribution in [-0.4, -0.2) is 64.6 Å². The van der Waals surface area contributed by atoms with Gasteiger partial charge in [-0.05, 0) is 25.7 Å². The monoisotopic (exact) mass is 304 g/mol. The maximum Gasteiger partial charge on any atom is 0.0701 e. The van der Waals surface area contributed by atoms with Gasteiger partial charge in [0, 0.05) is 25.2 Å². The van der Waals surface area contributed by atoms with Crippen molar-refractivity contribution in [2.75, 3.05) is 59.5 Å². The molecule has 0 aromatic heterocycles. The molecule has 1 N–H and O–H groups in total. The van der Waals surface area contributed by atoms with Gasteiger partial charge in [-0.15, -0.1) is 0 Å². The van der Waals surface area contributed by atoms with Gasteiger partial charge in [0.05, 0.1) is 39.6 Å². The molecule has 1 aliphatic rings. The van der Waals surface area contributed by atoms with Crippen molar-refractivity contribution in [2.24, 2.45) is 5.41 Å². The van der Waals surface area contributed by atoms with Crippen LogP contribution >= 0.6 is 0 Å². The van der Waals surface area contributed by atoms with E-state index in [1.807, 2.05) is 0 Å². The lowest BCUT2D eigenvalue weighted by Crippen LogP contribution is -2.36.